The SMILES string of the molecule is O=C(Nc1ccn([C@]2(N3CCOCC3)O[C@H](CO)[C@@H](O)[C@]2(O)CCO)c(=O)n1)c1ccccc1. The fourth-order valence-corrected chi connectivity index (χ4v) is 4.61. The number of benzene rings is 1. The molecule has 0 saturated carbocycles. The third-order valence-electron chi connectivity index (χ3n) is 6.24. The van der Waals surface area contributed by atoms with Crippen LogP contribution in [0.1, 0.15) is 16.8 Å². The molecule has 0 unspecified atom stereocenters. The lowest BCUT2D eigenvalue weighted by molar-refractivity contribution is -0.296. The van der Waals surface area contributed by atoms with Crippen molar-refractivity contribution in [2.75, 3.05) is 44.8 Å². The molecule has 0 bridgehead atoms. The molecule has 12 nitrogen and oxygen atoms in total. The molecule has 1 aromatic carbocycles. The van der Waals surface area contributed by atoms with E-state index >= 15 is 0 Å². The maximum absolute atomic E-state index is 13.2. The first-order chi connectivity index (χ1) is 16.4. The van der Waals surface area contributed by atoms with Gasteiger partial charge in [0, 0.05) is 37.9 Å². The molecule has 2 fully saturated rings. The minimum Gasteiger partial charge on any atom is -0.396 e. The van der Waals surface area contributed by atoms with Crippen LogP contribution in [0.3, 0.4) is 0 Å². The average molecular weight is 476 g/mol. The zero-order valence-electron chi connectivity index (χ0n) is 18.4. The lowest BCUT2D eigenvalue weighted by Crippen LogP contribution is -2.70. The summed E-state index contributed by atoms with van der Waals surface area (Å²) in [6.45, 7) is -0.140. The number of aliphatic hydroxyl groups excluding tert-OH is 3. The van der Waals surface area contributed by atoms with Crippen LogP contribution in [-0.4, -0.2) is 98.1 Å². The van der Waals surface area contributed by atoms with E-state index in [0.717, 1.165) is 4.57 Å². The number of aromatic nitrogens is 2. The fraction of sp³-hybridized carbons (Fsp3) is 0.500. The Balaban J connectivity index is 1.77. The Bertz CT molecular complexity index is 1060. The van der Waals surface area contributed by atoms with E-state index in [1.807, 2.05) is 0 Å². The third-order valence-corrected chi connectivity index (χ3v) is 6.24. The van der Waals surface area contributed by atoms with Crippen LogP contribution >= 0.6 is 0 Å². The highest BCUT2D eigenvalue weighted by molar-refractivity contribution is 6.03. The van der Waals surface area contributed by atoms with Crippen LogP contribution in [0.25, 0.3) is 0 Å². The van der Waals surface area contributed by atoms with Crippen molar-refractivity contribution in [2.45, 2.75) is 30.1 Å². The summed E-state index contributed by atoms with van der Waals surface area (Å²) < 4.78 is 12.4. The zero-order valence-corrected chi connectivity index (χ0v) is 18.4. The summed E-state index contributed by atoms with van der Waals surface area (Å²) in [5.74, 6) is -2.47. The topological polar surface area (TPSA) is 167 Å². The Morgan fingerprint density at radius 2 is 1.88 bits per heavy atom. The van der Waals surface area contributed by atoms with Crippen molar-refractivity contribution in [2.24, 2.45) is 0 Å². The van der Waals surface area contributed by atoms with Gasteiger partial charge < -0.3 is 35.2 Å². The fourth-order valence-electron chi connectivity index (χ4n) is 4.61. The van der Waals surface area contributed by atoms with Gasteiger partial charge in [0.15, 0.2) is 5.60 Å². The van der Waals surface area contributed by atoms with Gasteiger partial charge in [0.1, 0.15) is 18.0 Å². The van der Waals surface area contributed by atoms with Gasteiger partial charge in [-0.1, -0.05) is 18.2 Å². The van der Waals surface area contributed by atoms with Crippen molar-refractivity contribution < 1.29 is 34.7 Å². The average Bonchev–Trinajstić information content (AvgIpc) is 3.08. The van der Waals surface area contributed by atoms with Gasteiger partial charge >= 0.3 is 5.69 Å². The van der Waals surface area contributed by atoms with E-state index in [1.165, 1.54) is 12.3 Å². The summed E-state index contributed by atoms with van der Waals surface area (Å²) in [4.78, 5) is 31.3. The maximum Gasteiger partial charge on any atom is 0.353 e. The van der Waals surface area contributed by atoms with Gasteiger partial charge in [-0.15, -0.1) is 0 Å². The third kappa shape index (κ3) is 4.03. The molecule has 4 rings (SSSR count). The number of aliphatic hydroxyl groups is 4. The molecule has 12 heteroatoms. The van der Waals surface area contributed by atoms with E-state index < -0.39 is 48.5 Å². The number of hydrogen-bond acceptors (Lipinski definition) is 10. The Morgan fingerprint density at radius 3 is 2.50 bits per heavy atom. The van der Waals surface area contributed by atoms with Crippen LogP contribution in [0.2, 0.25) is 0 Å². The molecule has 0 spiro atoms. The number of carbonyl (C=O) groups is 1. The number of hydrogen-bond donors (Lipinski definition) is 5. The zero-order chi connectivity index (χ0) is 24.3. The number of amides is 1. The molecule has 2 aliphatic rings. The van der Waals surface area contributed by atoms with Gasteiger partial charge in [0.05, 0.1) is 19.8 Å². The summed E-state index contributed by atoms with van der Waals surface area (Å²) in [5, 5.41) is 44.6. The summed E-state index contributed by atoms with van der Waals surface area (Å²) in [6.07, 6.45) is -1.90. The summed E-state index contributed by atoms with van der Waals surface area (Å²) in [5.41, 5.74) is -2.67. The Hall–Kier alpha value is -2.71. The Morgan fingerprint density at radius 1 is 1.18 bits per heavy atom. The lowest BCUT2D eigenvalue weighted by atomic mass is 9.86. The molecule has 2 saturated heterocycles. The predicted octanol–water partition coefficient (Wildman–Crippen LogP) is -1.70. The van der Waals surface area contributed by atoms with E-state index in [4.69, 9.17) is 9.47 Å². The molecule has 2 aliphatic heterocycles. The number of nitrogens with one attached hydrogen (secondary N) is 1. The molecule has 0 aliphatic carbocycles. The number of rotatable bonds is 7. The quantitative estimate of drug-likeness (QED) is 0.311. The molecule has 2 aromatic rings. The number of ether oxygens (including phenoxy) is 2. The molecular weight excluding hydrogens is 448 g/mol. The van der Waals surface area contributed by atoms with Gasteiger partial charge in [0.25, 0.3) is 5.91 Å². The Kier molecular flexibility index (Phi) is 7.09. The van der Waals surface area contributed by atoms with Crippen LogP contribution in [-0.2, 0) is 15.3 Å². The number of anilines is 1. The van der Waals surface area contributed by atoms with Gasteiger partial charge in [-0.2, -0.15) is 4.98 Å². The summed E-state index contributed by atoms with van der Waals surface area (Å²) in [6, 6.07) is 9.77. The van der Waals surface area contributed by atoms with Crippen molar-refractivity contribution in [1.29, 1.82) is 0 Å². The molecule has 3 heterocycles. The molecule has 1 aromatic heterocycles. The van der Waals surface area contributed by atoms with Crippen molar-refractivity contribution in [1.82, 2.24) is 14.5 Å². The largest absolute Gasteiger partial charge is 0.396 e. The van der Waals surface area contributed by atoms with Crippen molar-refractivity contribution in [3.8, 4) is 0 Å². The summed E-state index contributed by atoms with van der Waals surface area (Å²) >= 11 is 0. The van der Waals surface area contributed by atoms with Crippen LogP contribution in [0.15, 0.2) is 47.4 Å². The Labute approximate surface area is 195 Å². The first-order valence-electron chi connectivity index (χ1n) is 11.0. The van der Waals surface area contributed by atoms with E-state index in [9.17, 15) is 30.0 Å². The summed E-state index contributed by atoms with van der Waals surface area (Å²) in [7, 11) is 0. The van der Waals surface area contributed by atoms with Gasteiger partial charge in [-0.3, -0.25) is 14.3 Å². The van der Waals surface area contributed by atoms with Crippen LogP contribution in [0, 0.1) is 0 Å². The molecule has 5 N–H and O–H groups in total. The monoisotopic (exact) mass is 476 g/mol. The van der Waals surface area contributed by atoms with E-state index in [0.29, 0.717) is 5.56 Å². The van der Waals surface area contributed by atoms with Crippen molar-refractivity contribution >= 4 is 11.7 Å². The predicted molar refractivity (Wildman–Crippen MR) is 118 cm³/mol. The normalized spacial score (nSPS) is 29.8. The molecular formula is C22H28N4O8. The molecule has 4 atom stereocenters. The molecule has 34 heavy (non-hydrogen) atoms. The maximum atomic E-state index is 13.2. The second-order valence-corrected chi connectivity index (χ2v) is 8.17. The van der Waals surface area contributed by atoms with Gasteiger partial charge in [-0.25, -0.2) is 4.79 Å². The highest BCUT2D eigenvalue weighted by Crippen LogP contribution is 2.47. The minimum absolute atomic E-state index is 0.0183. The first-order valence-corrected chi connectivity index (χ1v) is 11.0. The number of carbonyl (C=O) groups excluding carboxylic acids is 1. The second kappa shape index (κ2) is 9.88. The minimum atomic E-state index is -2.17. The van der Waals surface area contributed by atoms with Gasteiger partial charge in [0.2, 0.25) is 5.85 Å². The van der Waals surface area contributed by atoms with Crippen molar-refractivity contribution in [3.05, 3.63) is 58.6 Å². The molecule has 0 radical (unpaired) electrons. The van der Waals surface area contributed by atoms with E-state index in [2.05, 4.69) is 10.3 Å². The van der Waals surface area contributed by atoms with Crippen LogP contribution in [0.5, 0.6) is 0 Å². The van der Waals surface area contributed by atoms with E-state index in [1.54, 1.807) is 35.2 Å². The highest BCUT2D eigenvalue weighted by Gasteiger charge is 2.69. The lowest BCUT2D eigenvalue weighted by Gasteiger charge is -2.49. The van der Waals surface area contributed by atoms with E-state index in [-0.39, 0.29) is 38.5 Å². The first kappa shape index (κ1) is 24.4. The smallest absolute Gasteiger partial charge is 0.353 e. The molecule has 184 valence electrons. The number of morpholine rings is 1. The number of nitrogens with zero attached hydrogens (tertiary/aromatic N) is 3. The van der Waals surface area contributed by atoms with Gasteiger partial charge in [-0.05, 0) is 18.2 Å². The van der Waals surface area contributed by atoms with Crippen LogP contribution in [0.4, 0.5) is 5.82 Å². The van der Waals surface area contributed by atoms with Crippen LogP contribution < -0.4 is 11.0 Å². The molecule has 1 amide bonds. The standard InChI is InChI=1S/C22H28N4O8/c27-11-7-21(32)18(29)16(14-28)34-22(21,25-9-12-33-13-10-25)26-8-6-17(24-20(26)31)23-19(30)15-4-2-1-3-5-15/h1-6,8,16,18,27-29,32H,7,9-14H2,(H,23,24,30,31)/t16-,18-,21-,22+/m1/s1. The van der Waals surface area contributed by atoms with Crippen molar-refractivity contribution in [3.63, 3.8) is 0 Å². The highest BCUT2D eigenvalue weighted by atomic mass is 16.6. The second-order valence-electron chi connectivity index (χ2n) is 8.17.